The SMILES string of the molecule is CCCNCc1cccn1-c1cc(C)ccc1C. The van der Waals surface area contributed by atoms with Crippen molar-refractivity contribution in [3.63, 3.8) is 0 Å². The maximum Gasteiger partial charge on any atom is 0.0484 e. The van der Waals surface area contributed by atoms with E-state index < -0.39 is 0 Å². The van der Waals surface area contributed by atoms with Crippen LogP contribution in [0.5, 0.6) is 0 Å². The summed E-state index contributed by atoms with van der Waals surface area (Å²) in [5, 5.41) is 3.46. The molecule has 1 aromatic heterocycles. The Labute approximate surface area is 110 Å². The molecule has 1 heterocycles. The van der Waals surface area contributed by atoms with E-state index in [1.54, 1.807) is 0 Å². The van der Waals surface area contributed by atoms with E-state index in [0.29, 0.717) is 0 Å². The van der Waals surface area contributed by atoms with Crippen LogP contribution in [0.15, 0.2) is 36.5 Å². The molecule has 1 N–H and O–H groups in total. The maximum atomic E-state index is 3.46. The van der Waals surface area contributed by atoms with Crippen LogP contribution in [0.4, 0.5) is 0 Å². The predicted octanol–water partition coefficient (Wildman–Crippen LogP) is 3.59. The number of nitrogens with one attached hydrogen (secondary N) is 1. The summed E-state index contributed by atoms with van der Waals surface area (Å²) in [6.07, 6.45) is 3.31. The summed E-state index contributed by atoms with van der Waals surface area (Å²) in [7, 11) is 0. The zero-order chi connectivity index (χ0) is 13.0. The van der Waals surface area contributed by atoms with Crippen molar-refractivity contribution in [1.29, 1.82) is 0 Å². The second kappa shape index (κ2) is 5.87. The van der Waals surface area contributed by atoms with Crippen LogP contribution in [-0.4, -0.2) is 11.1 Å². The Morgan fingerprint density at radius 1 is 1.17 bits per heavy atom. The van der Waals surface area contributed by atoms with Gasteiger partial charge in [-0.1, -0.05) is 19.1 Å². The second-order valence-corrected chi connectivity index (χ2v) is 4.84. The lowest BCUT2D eigenvalue weighted by molar-refractivity contribution is 0.656. The van der Waals surface area contributed by atoms with E-state index in [0.717, 1.165) is 13.1 Å². The van der Waals surface area contributed by atoms with Crippen LogP contribution in [-0.2, 0) is 6.54 Å². The number of aromatic nitrogens is 1. The van der Waals surface area contributed by atoms with Crippen LogP contribution >= 0.6 is 0 Å². The zero-order valence-electron chi connectivity index (χ0n) is 11.5. The van der Waals surface area contributed by atoms with Gasteiger partial charge in [0.05, 0.1) is 0 Å². The average Bonchev–Trinajstić information content (AvgIpc) is 2.81. The van der Waals surface area contributed by atoms with Crippen molar-refractivity contribution in [2.24, 2.45) is 0 Å². The molecule has 18 heavy (non-hydrogen) atoms. The third-order valence-corrected chi connectivity index (χ3v) is 3.19. The molecule has 96 valence electrons. The molecule has 2 heteroatoms. The Morgan fingerprint density at radius 3 is 2.78 bits per heavy atom. The summed E-state index contributed by atoms with van der Waals surface area (Å²) in [5.41, 5.74) is 5.22. The molecule has 0 aliphatic carbocycles. The average molecular weight is 242 g/mol. The largest absolute Gasteiger partial charge is 0.319 e. The molecule has 0 aliphatic rings. The topological polar surface area (TPSA) is 17.0 Å². The number of benzene rings is 1. The highest BCUT2D eigenvalue weighted by atomic mass is 15.0. The van der Waals surface area contributed by atoms with Gasteiger partial charge in [0.15, 0.2) is 0 Å². The second-order valence-electron chi connectivity index (χ2n) is 4.84. The Bertz CT molecular complexity index is 512. The minimum Gasteiger partial charge on any atom is -0.319 e. The van der Waals surface area contributed by atoms with Crippen molar-refractivity contribution in [3.8, 4) is 5.69 Å². The van der Waals surface area contributed by atoms with Gasteiger partial charge in [0.2, 0.25) is 0 Å². The van der Waals surface area contributed by atoms with Crippen molar-refractivity contribution < 1.29 is 0 Å². The van der Waals surface area contributed by atoms with Gasteiger partial charge < -0.3 is 9.88 Å². The van der Waals surface area contributed by atoms with E-state index in [4.69, 9.17) is 0 Å². The summed E-state index contributed by atoms with van der Waals surface area (Å²) in [5.74, 6) is 0. The van der Waals surface area contributed by atoms with Crippen molar-refractivity contribution in [3.05, 3.63) is 53.3 Å². The van der Waals surface area contributed by atoms with Crippen LogP contribution in [0.1, 0.15) is 30.2 Å². The first kappa shape index (κ1) is 12.9. The molecule has 2 rings (SSSR count). The van der Waals surface area contributed by atoms with E-state index in [1.807, 2.05) is 0 Å². The lowest BCUT2D eigenvalue weighted by atomic mass is 10.1. The van der Waals surface area contributed by atoms with Crippen molar-refractivity contribution >= 4 is 0 Å². The van der Waals surface area contributed by atoms with Crippen LogP contribution in [0, 0.1) is 13.8 Å². The maximum absolute atomic E-state index is 3.46. The predicted molar refractivity (Wildman–Crippen MR) is 77.2 cm³/mol. The fraction of sp³-hybridized carbons (Fsp3) is 0.375. The van der Waals surface area contributed by atoms with E-state index in [-0.39, 0.29) is 0 Å². The molecule has 1 aromatic carbocycles. The van der Waals surface area contributed by atoms with Crippen molar-refractivity contribution in [1.82, 2.24) is 9.88 Å². The molecule has 2 nitrogen and oxygen atoms in total. The van der Waals surface area contributed by atoms with Crippen LogP contribution in [0.2, 0.25) is 0 Å². The number of hydrogen-bond donors (Lipinski definition) is 1. The highest BCUT2D eigenvalue weighted by Gasteiger charge is 2.05. The molecule has 0 unspecified atom stereocenters. The van der Waals surface area contributed by atoms with E-state index >= 15 is 0 Å². The van der Waals surface area contributed by atoms with E-state index in [9.17, 15) is 0 Å². The van der Waals surface area contributed by atoms with Crippen LogP contribution < -0.4 is 5.32 Å². The van der Waals surface area contributed by atoms with Gasteiger partial charge in [-0.25, -0.2) is 0 Å². The molecule has 0 saturated heterocycles. The van der Waals surface area contributed by atoms with Gasteiger partial charge in [0, 0.05) is 24.1 Å². The first-order valence-electron chi connectivity index (χ1n) is 6.67. The van der Waals surface area contributed by atoms with E-state index in [1.165, 1.54) is 28.9 Å². The summed E-state index contributed by atoms with van der Waals surface area (Å²) in [4.78, 5) is 0. The van der Waals surface area contributed by atoms with Gasteiger partial charge in [-0.2, -0.15) is 0 Å². The third kappa shape index (κ3) is 2.82. The summed E-state index contributed by atoms with van der Waals surface area (Å²) in [6.45, 7) is 8.49. The number of aryl methyl sites for hydroxylation is 2. The fourth-order valence-corrected chi connectivity index (χ4v) is 2.17. The first-order valence-corrected chi connectivity index (χ1v) is 6.67. The van der Waals surface area contributed by atoms with Gasteiger partial charge in [-0.05, 0) is 56.1 Å². The Morgan fingerprint density at radius 2 is 2.00 bits per heavy atom. The van der Waals surface area contributed by atoms with Crippen LogP contribution in [0.3, 0.4) is 0 Å². The van der Waals surface area contributed by atoms with Gasteiger partial charge >= 0.3 is 0 Å². The zero-order valence-corrected chi connectivity index (χ0v) is 11.5. The quantitative estimate of drug-likeness (QED) is 0.793. The standard InChI is InChI=1S/C16H22N2/c1-4-9-17-12-15-6-5-10-18(15)16-11-13(2)7-8-14(16)3/h5-8,10-11,17H,4,9,12H2,1-3H3. The van der Waals surface area contributed by atoms with Crippen molar-refractivity contribution in [2.75, 3.05) is 6.54 Å². The van der Waals surface area contributed by atoms with E-state index in [2.05, 4.69) is 67.2 Å². The highest BCUT2D eigenvalue weighted by molar-refractivity contribution is 5.44. The molecule has 0 saturated carbocycles. The van der Waals surface area contributed by atoms with Gasteiger partial charge in [-0.15, -0.1) is 0 Å². The Balaban J connectivity index is 2.27. The molecular weight excluding hydrogens is 220 g/mol. The molecular formula is C16H22N2. The number of rotatable bonds is 5. The van der Waals surface area contributed by atoms with Gasteiger partial charge in [-0.3, -0.25) is 0 Å². The fourth-order valence-electron chi connectivity index (χ4n) is 2.17. The molecule has 0 amide bonds. The monoisotopic (exact) mass is 242 g/mol. The minimum absolute atomic E-state index is 0.925. The summed E-state index contributed by atoms with van der Waals surface area (Å²) < 4.78 is 2.28. The van der Waals surface area contributed by atoms with Crippen molar-refractivity contribution in [2.45, 2.75) is 33.7 Å². The molecule has 0 spiro atoms. The Hall–Kier alpha value is -1.54. The molecule has 0 atom stereocenters. The van der Waals surface area contributed by atoms with Crippen LogP contribution in [0.25, 0.3) is 5.69 Å². The van der Waals surface area contributed by atoms with Gasteiger partial charge in [0.1, 0.15) is 0 Å². The summed E-state index contributed by atoms with van der Waals surface area (Å²) >= 11 is 0. The molecule has 0 bridgehead atoms. The molecule has 2 aromatic rings. The highest BCUT2D eigenvalue weighted by Crippen LogP contribution is 2.18. The Kier molecular flexibility index (Phi) is 4.21. The number of hydrogen-bond acceptors (Lipinski definition) is 1. The smallest absolute Gasteiger partial charge is 0.0484 e. The number of nitrogens with zero attached hydrogens (tertiary/aromatic N) is 1. The van der Waals surface area contributed by atoms with Gasteiger partial charge in [0.25, 0.3) is 0 Å². The first-order chi connectivity index (χ1) is 8.72. The minimum atomic E-state index is 0.925. The third-order valence-electron chi connectivity index (χ3n) is 3.19. The molecule has 0 radical (unpaired) electrons. The lowest BCUT2D eigenvalue weighted by Gasteiger charge is -2.13. The lowest BCUT2D eigenvalue weighted by Crippen LogP contribution is -2.16. The normalized spacial score (nSPS) is 10.8. The molecule has 0 fully saturated rings. The molecule has 0 aliphatic heterocycles. The summed E-state index contributed by atoms with van der Waals surface area (Å²) in [6, 6.07) is 10.9.